The fourth-order valence-corrected chi connectivity index (χ4v) is 3.58. The second kappa shape index (κ2) is 7.59. The molecule has 0 amide bonds. The predicted octanol–water partition coefficient (Wildman–Crippen LogP) is 2.00. The van der Waals surface area contributed by atoms with Crippen molar-refractivity contribution in [1.82, 2.24) is 9.71 Å². The molecule has 1 heterocycles. The smallest absolute Gasteiger partial charge is 0.212 e. The first kappa shape index (κ1) is 16.9. The fraction of sp³-hybridized carbons (Fsp3) is 0.643. The molecule has 0 unspecified atom stereocenters. The SMILES string of the molecule is CCC[C@H](C)CS(=O)(=O)NCc1cccnc1N(C)C. The summed E-state index contributed by atoms with van der Waals surface area (Å²) in [7, 11) is 0.545. The van der Waals surface area contributed by atoms with E-state index in [-0.39, 0.29) is 18.2 Å². The summed E-state index contributed by atoms with van der Waals surface area (Å²) in [5.74, 6) is 1.15. The van der Waals surface area contributed by atoms with E-state index in [2.05, 4.69) is 16.6 Å². The number of hydrogen-bond donors (Lipinski definition) is 1. The average molecular weight is 299 g/mol. The van der Waals surface area contributed by atoms with Crippen LogP contribution in [0.15, 0.2) is 18.3 Å². The minimum Gasteiger partial charge on any atom is -0.362 e. The van der Waals surface area contributed by atoms with Crippen LogP contribution in [-0.2, 0) is 16.6 Å². The highest BCUT2D eigenvalue weighted by Crippen LogP contribution is 2.15. The average Bonchev–Trinajstić information content (AvgIpc) is 2.36. The molecule has 1 aromatic rings. The van der Waals surface area contributed by atoms with Crippen LogP contribution < -0.4 is 9.62 Å². The molecule has 0 saturated carbocycles. The van der Waals surface area contributed by atoms with Gasteiger partial charge in [-0.05, 0) is 18.4 Å². The Kier molecular flexibility index (Phi) is 6.42. The number of anilines is 1. The van der Waals surface area contributed by atoms with Gasteiger partial charge in [0.15, 0.2) is 0 Å². The fourth-order valence-electron chi connectivity index (χ4n) is 2.17. The van der Waals surface area contributed by atoms with Gasteiger partial charge in [-0.2, -0.15) is 0 Å². The molecule has 0 aliphatic heterocycles. The van der Waals surface area contributed by atoms with Crippen molar-refractivity contribution in [2.45, 2.75) is 33.2 Å². The molecule has 0 fully saturated rings. The van der Waals surface area contributed by atoms with E-state index < -0.39 is 10.0 Å². The van der Waals surface area contributed by atoms with Gasteiger partial charge >= 0.3 is 0 Å². The molecule has 1 atom stereocenters. The van der Waals surface area contributed by atoms with Gasteiger partial charge in [-0.3, -0.25) is 0 Å². The number of rotatable bonds is 8. The Bertz CT molecular complexity index is 515. The van der Waals surface area contributed by atoms with Crippen molar-refractivity contribution in [2.24, 2.45) is 5.92 Å². The summed E-state index contributed by atoms with van der Waals surface area (Å²) in [6.45, 7) is 4.32. The van der Waals surface area contributed by atoms with Crippen LogP contribution in [0.2, 0.25) is 0 Å². The minimum absolute atomic E-state index is 0.179. The molecule has 0 aromatic carbocycles. The lowest BCUT2D eigenvalue weighted by Gasteiger charge is -2.17. The lowest BCUT2D eigenvalue weighted by Crippen LogP contribution is -2.29. The van der Waals surface area contributed by atoms with Gasteiger partial charge in [0.1, 0.15) is 5.82 Å². The van der Waals surface area contributed by atoms with Crippen molar-refractivity contribution >= 4 is 15.8 Å². The highest BCUT2D eigenvalue weighted by molar-refractivity contribution is 7.89. The Labute approximate surface area is 122 Å². The highest BCUT2D eigenvalue weighted by Gasteiger charge is 2.16. The van der Waals surface area contributed by atoms with Gasteiger partial charge in [0.25, 0.3) is 0 Å². The zero-order chi connectivity index (χ0) is 15.2. The molecular weight excluding hydrogens is 274 g/mol. The van der Waals surface area contributed by atoms with Crippen LogP contribution in [0.5, 0.6) is 0 Å². The number of hydrogen-bond acceptors (Lipinski definition) is 4. The largest absolute Gasteiger partial charge is 0.362 e. The monoisotopic (exact) mass is 299 g/mol. The van der Waals surface area contributed by atoms with Crippen LogP contribution in [0.4, 0.5) is 5.82 Å². The highest BCUT2D eigenvalue weighted by atomic mass is 32.2. The zero-order valence-corrected chi connectivity index (χ0v) is 13.6. The van der Waals surface area contributed by atoms with E-state index in [1.807, 2.05) is 38.1 Å². The number of aromatic nitrogens is 1. The molecule has 0 saturated heterocycles. The number of nitrogens with one attached hydrogen (secondary N) is 1. The summed E-state index contributed by atoms with van der Waals surface area (Å²) < 4.78 is 26.7. The summed E-state index contributed by atoms with van der Waals surface area (Å²) in [5.41, 5.74) is 0.879. The molecule has 20 heavy (non-hydrogen) atoms. The first-order valence-electron chi connectivity index (χ1n) is 6.94. The van der Waals surface area contributed by atoms with Crippen molar-refractivity contribution in [3.63, 3.8) is 0 Å². The summed E-state index contributed by atoms with van der Waals surface area (Å²) in [6, 6.07) is 3.71. The Morgan fingerprint density at radius 1 is 1.40 bits per heavy atom. The second-order valence-electron chi connectivity index (χ2n) is 5.38. The Hall–Kier alpha value is -1.14. The number of nitrogens with zero attached hydrogens (tertiary/aromatic N) is 2. The third-order valence-corrected chi connectivity index (χ3v) is 4.65. The van der Waals surface area contributed by atoms with E-state index >= 15 is 0 Å². The van der Waals surface area contributed by atoms with Crippen molar-refractivity contribution in [1.29, 1.82) is 0 Å². The molecule has 0 aliphatic carbocycles. The van der Waals surface area contributed by atoms with Gasteiger partial charge in [-0.25, -0.2) is 18.1 Å². The molecule has 6 heteroatoms. The normalized spacial score (nSPS) is 13.2. The Balaban J connectivity index is 2.67. The van der Waals surface area contributed by atoms with E-state index in [0.29, 0.717) is 0 Å². The van der Waals surface area contributed by atoms with Crippen molar-refractivity contribution < 1.29 is 8.42 Å². The lowest BCUT2D eigenvalue weighted by molar-refractivity contribution is 0.536. The molecule has 0 radical (unpaired) electrons. The van der Waals surface area contributed by atoms with Gasteiger partial charge in [0, 0.05) is 32.4 Å². The quantitative estimate of drug-likeness (QED) is 0.797. The van der Waals surface area contributed by atoms with Crippen LogP contribution in [-0.4, -0.2) is 33.2 Å². The van der Waals surface area contributed by atoms with Crippen LogP contribution in [0, 0.1) is 5.92 Å². The maximum atomic E-state index is 12.0. The van der Waals surface area contributed by atoms with E-state index in [1.54, 1.807) is 6.20 Å². The van der Waals surface area contributed by atoms with E-state index in [4.69, 9.17) is 0 Å². The first-order valence-corrected chi connectivity index (χ1v) is 8.59. The summed E-state index contributed by atoms with van der Waals surface area (Å²) >= 11 is 0. The summed E-state index contributed by atoms with van der Waals surface area (Å²) in [6.07, 6.45) is 3.64. The third kappa shape index (κ3) is 5.46. The molecule has 1 N–H and O–H groups in total. The Morgan fingerprint density at radius 2 is 2.10 bits per heavy atom. The molecule has 0 spiro atoms. The maximum absolute atomic E-state index is 12.0. The van der Waals surface area contributed by atoms with Crippen LogP contribution in [0.25, 0.3) is 0 Å². The summed E-state index contributed by atoms with van der Waals surface area (Å²) in [5, 5.41) is 0. The molecule has 1 rings (SSSR count). The van der Waals surface area contributed by atoms with Crippen LogP contribution in [0.3, 0.4) is 0 Å². The van der Waals surface area contributed by atoms with Crippen LogP contribution >= 0.6 is 0 Å². The van der Waals surface area contributed by atoms with Gasteiger partial charge in [-0.1, -0.05) is 26.3 Å². The van der Waals surface area contributed by atoms with Gasteiger partial charge in [-0.15, -0.1) is 0 Å². The van der Waals surface area contributed by atoms with Gasteiger partial charge < -0.3 is 4.90 Å². The summed E-state index contributed by atoms with van der Waals surface area (Å²) in [4.78, 5) is 6.14. The van der Waals surface area contributed by atoms with Gasteiger partial charge in [0.2, 0.25) is 10.0 Å². The van der Waals surface area contributed by atoms with E-state index in [0.717, 1.165) is 24.2 Å². The molecule has 1 aromatic heterocycles. The van der Waals surface area contributed by atoms with E-state index in [9.17, 15) is 8.42 Å². The number of sulfonamides is 1. The first-order chi connectivity index (χ1) is 9.35. The van der Waals surface area contributed by atoms with Crippen molar-refractivity contribution in [3.05, 3.63) is 23.9 Å². The topological polar surface area (TPSA) is 62.3 Å². The standard InChI is InChI=1S/C14H25N3O2S/c1-5-7-12(2)11-20(18,19)16-10-13-8-6-9-15-14(13)17(3)4/h6,8-9,12,16H,5,7,10-11H2,1-4H3/t12-/m0/s1. The van der Waals surface area contributed by atoms with E-state index in [1.165, 1.54) is 0 Å². The molecule has 0 bridgehead atoms. The lowest BCUT2D eigenvalue weighted by atomic mass is 10.1. The third-order valence-electron chi connectivity index (χ3n) is 3.06. The maximum Gasteiger partial charge on any atom is 0.212 e. The minimum atomic E-state index is -3.24. The van der Waals surface area contributed by atoms with Gasteiger partial charge in [0.05, 0.1) is 5.75 Å². The van der Waals surface area contributed by atoms with Crippen molar-refractivity contribution in [2.75, 3.05) is 24.7 Å². The molecule has 114 valence electrons. The molecule has 0 aliphatic rings. The predicted molar refractivity (Wildman–Crippen MR) is 83.3 cm³/mol. The number of pyridine rings is 1. The molecule has 5 nitrogen and oxygen atoms in total. The zero-order valence-electron chi connectivity index (χ0n) is 12.8. The van der Waals surface area contributed by atoms with Crippen LogP contribution in [0.1, 0.15) is 32.3 Å². The Morgan fingerprint density at radius 3 is 2.70 bits per heavy atom. The second-order valence-corrected chi connectivity index (χ2v) is 7.23. The molecular formula is C14H25N3O2S. The van der Waals surface area contributed by atoms with Crippen molar-refractivity contribution in [3.8, 4) is 0 Å².